The van der Waals surface area contributed by atoms with Gasteiger partial charge in [0.2, 0.25) is 0 Å². The van der Waals surface area contributed by atoms with E-state index in [9.17, 15) is 0 Å². The van der Waals surface area contributed by atoms with Gasteiger partial charge in [0, 0.05) is 16.7 Å². The van der Waals surface area contributed by atoms with E-state index < -0.39 is 5.41 Å². The molecule has 1 aliphatic carbocycles. The number of hydrogen-bond acceptors (Lipinski definition) is 3. The molecule has 10 aromatic rings. The fourth-order valence-electron chi connectivity index (χ4n) is 9.11. The molecule has 0 amide bonds. The Morgan fingerprint density at radius 3 is 1.18 bits per heavy atom. The lowest BCUT2D eigenvalue weighted by Gasteiger charge is -2.34. The van der Waals surface area contributed by atoms with Crippen molar-refractivity contribution in [3.63, 3.8) is 0 Å². The highest BCUT2D eigenvalue weighted by Gasteiger charge is 2.46. The van der Waals surface area contributed by atoms with Crippen molar-refractivity contribution >= 4 is 0 Å². The van der Waals surface area contributed by atoms with Crippen LogP contribution in [0.2, 0.25) is 0 Å². The number of aromatic nitrogens is 3. The van der Waals surface area contributed by atoms with Crippen molar-refractivity contribution in [2.24, 2.45) is 0 Å². The molecule has 0 saturated carbocycles. The minimum atomic E-state index is -0.456. The van der Waals surface area contributed by atoms with Gasteiger partial charge in [-0.25, -0.2) is 15.0 Å². The van der Waals surface area contributed by atoms with Crippen molar-refractivity contribution in [3.8, 4) is 78.7 Å². The minimum absolute atomic E-state index is 0.456. The standard InChI is InChI=1S/C58H39N3/c1-5-16-40(17-6-1)41-28-30-42(31-29-41)46-20-15-21-48(38-46)57-60-55(44-18-7-2-8-19-44)59-56(61-57)45-34-32-43(33-35-45)47-36-37-52-51-26-13-14-27-53(51)58(54(52)39-47,49-22-9-3-10-23-49)50-24-11-4-12-25-50/h1-39H. The van der Waals surface area contributed by atoms with Gasteiger partial charge in [-0.1, -0.05) is 224 Å². The van der Waals surface area contributed by atoms with E-state index >= 15 is 0 Å². The largest absolute Gasteiger partial charge is 0.208 e. The zero-order valence-electron chi connectivity index (χ0n) is 33.4. The Morgan fingerprint density at radius 1 is 0.230 bits per heavy atom. The molecule has 0 fully saturated rings. The lowest BCUT2D eigenvalue weighted by Crippen LogP contribution is -2.28. The summed E-state index contributed by atoms with van der Waals surface area (Å²) in [7, 11) is 0. The van der Waals surface area contributed by atoms with E-state index in [4.69, 9.17) is 15.0 Å². The summed E-state index contributed by atoms with van der Waals surface area (Å²) in [5.74, 6) is 1.90. The Balaban J connectivity index is 0.977. The summed E-state index contributed by atoms with van der Waals surface area (Å²) in [5.41, 5.74) is 16.9. The first-order chi connectivity index (χ1) is 30.2. The first-order valence-electron chi connectivity index (χ1n) is 20.8. The van der Waals surface area contributed by atoms with E-state index in [2.05, 4.69) is 200 Å². The van der Waals surface area contributed by atoms with E-state index in [-0.39, 0.29) is 0 Å². The molecule has 1 aromatic heterocycles. The maximum Gasteiger partial charge on any atom is 0.164 e. The quantitative estimate of drug-likeness (QED) is 0.154. The smallest absolute Gasteiger partial charge is 0.164 e. The molecule has 3 nitrogen and oxygen atoms in total. The lowest BCUT2D eigenvalue weighted by atomic mass is 9.67. The summed E-state index contributed by atoms with van der Waals surface area (Å²) >= 11 is 0. The summed E-state index contributed by atoms with van der Waals surface area (Å²) in [4.78, 5) is 15.2. The minimum Gasteiger partial charge on any atom is -0.208 e. The van der Waals surface area contributed by atoms with Gasteiger partial charge < -0.3 is 0 Å². The molecule has 0 saturated heterocycles. The molecule has 0 unspecified atom stereocenters. The van der Waals surface area contributed by atoms with Crippen molar-refractivity contribution < 1.29 is 0 Å². The van der Waals surface area contributed by atoms with Gasteiger partial charge in [0.15, 0.2) is 17.5 Å². The number of hydrogen-bond donors (Lipinski definition) is 0. The molecule has 1 heterocycles. The SMILES string of the molecule is c1ccc(-c2ccc(-c3cccc(-c4nc(-c5ccccc5)nc(-c5ccc(-c6ccc7c(c6)C(c6ccccc6)(c6ccccc6)c6ccccc6-7)cc5)n4)c3)cc2)cc1. The zero-order chi connectivity index (χ0) is 40.6. The number of nitrogens with zero attached hydrogens (tertiary/aromatic N) is 3. The van der Waals surface area contributed by atoms with Crippen molar-refractivity contribution in [1.29, 1.82) is 0 Å². The summed E-state index contributed by atoms with van der Waals surface area (Å²) in [6.07, 6.45) is 0. The molecule has 3 heteroatoms. The average molecular weight is 778 g/mol. The van der Waals surface area contributed by atoms with Crippen LogP contribution in [0, 0.1) is 0 Å². The highest BCUT2D eigenvalue weighted by Crippen LogP contribution is 2.56. The number of rotatable bonds is 8. The maximum absolute atomic E-state index is 5.12. The highest BCUT2D eigenvalue weighted by atomic mass is 15.0. The zero-order valence-corrected chi connectivity index (χ0v) is 33.4. The predicted octanol–water partition coefficient (Wildman–Crippen LogP) is 14.2. The van der Waals surface area contributed by atoms with Gasteiger partial charge in [-0.3, -0.25) is 0 Å². The van der Waals surface area contributed by atoms with Gasteiger partial charge in [0.1, 0.15) is 0 Å². The molecule has 0 bridgehead atoms. The molecule has 9 aromatic carbocycles. The van der Waals surface area contributed by atoms with Gasteiger partial charge in [-0.2, -0.15) is 0 Å². The second-order valence-electron chi connectivity index (χ2n) is 15.6. The van der Waals surface area contributed by atoms with Gasteiger partial charge in [0.05, 0.1) is 5.41 Å². The topological polar surface area (TPSA) is 38.7 Å². The molecule has 0 aliphatic heterocycles. The monoisotopic (exact) mass is 777 g/mol. The molecule has 0 N–H and O–H groups in total. The summed E-state index contributed by atoms with van der Waals surface area (Å²) in [6.45, 7) is 0. The Hall–Kier alpha value is -8.01. The number of benzene rings is 9. The van der Waals surface area contributed by atoms with Crippen LogP contribution in [0.5, 0.6) is 0 Å². The van der Waals surface area contributed by atoms with Crippen LogP contribution in [0.4, 0.5) is 0 Å². The van der Waals surface area contributed by atoms with E-state index in [1.54, 1.807) is 0 Å². The maximum atomic E-state index is 5.12. The molecule has 0 spiro atoms. The normalized spacial score (nSPS) is 12.4. The first-order valence-corrected chi connectivity index (χ1v) is 20.8. The van der Waals surface area contributed by atoms with E-state index in [1.807, 2.05) is 36.4 Å². The molecule has 0 radical (unpaired) electrons. The van der Waals surface area contributed by atoms with E-state index in [0.717, 1.165) is 38.9 Å². The summed E-state index contributed by atoms with van der Waals surface area (Å²) in [6, 6.07) is 84.2. The number of fused-ring (bicyclic) bond motifs is 3. The van der Waals surface area contributed by atoms with Crippen LogP contribution in [-0.2, 0) is 5.41 Å². The predicted molar refractivity (Wildman–Crippen MR) is 250 cm³/mol. The van der Waals surface area contributed by atoms with Crippen LogP contribution < -0.4 is 0 Å². The van der Waals surface area contributed by atoms with Crippen LogP contribution >= 0.6 is 0 Å². The van der Waals surface area contributed by atoms with Crippen LogP contribution in [-0.4, -0.2) is 15.0 Å². The third-order valence-corrected chi connectivity index (χ3v) is 12.0. The van der Waals surface area contributed by atoms with Crippen molar-refractivity contribution in [1.82, 2.24) is 15.0 Å². The van der Waals surface area contributed by atoms with Crippen LogP contribution in [0.3, 0.4) is 0 Å². The summed E-state index contributed by atoms with van der Waals surface area (Å²) in [5, 5.41) is 0. The highest BCUT2D eigenvalue weighted by molar-refractivity contribution is 5.88. The van der Waals surface area contributed by atoms with Crippen molar-refractivity contribution in [2.45, 2.75) is 5.41 Å². The molecule has 1 aliphatic rings. The molecule has 0 atom stereocenters. The molecule has 61 heavy (non-hydrogen) atoms. The van der Waals surface area contributed by atoms with Crippen LogP contribution in [0.25, 0.3) is 78.7 Å². The molecular formula is C58H39N3. The average Bonchev–Trinajstić information content (AvgIpc) is 3.65. The van der Waals surface area contributed by atoms with E-state index in [0.29, 0.717) is 17.5 Å². The molecule has 11 rings (SSSR count). The Kier molecular flexibility index (Phi) is 9.05. The Labute approximate surface area is 356 Å². The third-order valence-electron chi connectivity index (χ3n) is 12.0. The van der Waals surface area contributed by atoms with Gasteiger partial charge in [-0.15, -0.1) is 0 Å². The summed E-state index contributed by atoms with van der Waals surface area (Å²) < 4.78 is 0. The van der Waals surface area contributed by atoms with Gasteiger partial charge in [0.25, 0.3) is 0 Å². The second-order valence-corrected chi connectivity index (χ2v) is 15.6. The fraction of sp³-hybridized carbons (Fsp3) is 0.0172. The molecule has 286 valence electrons. The van der Waals surface area contributed by atoms with Gasteiger partial charge in [-0.05, 0) is 78.9 Å². The fourth-order valence-corrected chi connectivity index (χ4v) is 9.11. The Morgan fingerprint density at radius 2 is 0.590 bits per heavy atom. The van der Waals surface area contributed by atoms with Crippen LogP contribution in [0.15, 0.2) is 237 Å². The molecular weight excluding hydrogens is 739 g/mol. The Bertz CT molecular complexity index is 3100. The third kappa shape index (κ3) is 6.44. The van der Waals surface area contributed by atoms with Crippen molar-refractivity contribution in [2.75, 3.05) is 0 Å². The van der Waals surface area contributed by atoms with Gasteiger partial charge >= 0.3 is 0 Å². The van der Waals surface area contributed by atoms with E-state index in [1.165, 1.54) is 44.5 Å². The van der Waals surface area contributed by atoms with Crippen molar-refractivity contribution in [3.05, 3.63) is 259 Å². The van der Waals surface area contributed by atoms with Crippen LogP contribution in [0.1, 0.15) is 22.3 Å². The second kappa shape index (κ2) is 15.3. The lowest BCUT2D eigenvalue weighted by molar-refractivity contribution is 0.769. The first kappa shape index (κ1) is 36.1.